The maximum Gasteiger partial charge on any atom is 0.338 e. The number of halogens is 1. The minimum absolute atomic E-state index is 0.210. The van der Waals surface area contributed by atoms with Gasteiger partial charge < -0.3 is 18.8 Å². The monoisotopic (exact) mass is 589 g/mol. The molecule has 0 radical (unpaired) electrons. The number of nitrogens with zero attached hydrogens (tertiary/aromatic N) is 3. The molecule has 0 amide bonds. The van der Waals surface area contributed by atoms with Crippen LogP contribution in [0.25, 0.3) is 11.8 Å². The lowest BCUT2D eigenvalue weighted by molar-refractivity contribution is -0.143. The van der Waals surface area contributed by atoms with Gasteiger partial charge in [0.1, 0.15) is 0 Å². The molecule has 4 aromatic rings. The third-order valence-corrected chi connectivity index (χ3v) is 8.38. The van der Waals surface area contributed by atoms with Crippen LogP contribution in [0.4, 0.5) is 0 Å². The number of ether oxygens (including phenoxy) is 3. The van der Waals surface area contributed by atoms with Gasteiger partial charge in [0.25, 0.3) is 5.56 Å². The lowest BCUT2D eigenvalue weighted by Gasteiger charge is -2.25. The van der Waals surface area contributed by atoms with Gasteiger partial charge in [-0.1, -0.05) is 35.1 Å². The predicted molar refractivity (Wildman–Crippen MR) is 158 cm³/mol. The van der Waals surface area contributed by atoms with Crippen molar-refractivity contribution in [2.75, 3.05) is 6.79 Å². The number of rotatable bonds is 5. The van der Waals surface area contributed by atoms with Crippen LogP contribution in [-0.2, 0) is 9.53 Å². The van der Waals surface area contributed by atoms with Crippen molar-refractivity contribution in [2.45, 2.75) is 46.8 Å². The van der Waals surface area contributed by atoms with E-state index < -0.39 is 12.0 Å². The summed E-state index contributed by atoms with van der Waals surface area (Å²) in [6.07, 6.45) is 1.57. The fourth-order valence-electron chi connectivity index (χ4n) is 5.32. The number of hydrogen-bond donors (Lipinski definition) is 0. The number of carbonyl (C=O) groups excluding carboxylic acids is 1. The number of benzene rings is 2. The molecule has 0 saturated carbocycles. The predicted octanol–water partition coefficient (Wildman–Crippen LogP) is 4.98. The fraction of sp³-hybridized carbons (Fsp3) is 0.258. The summed E-state index contributed by atoms with van der Waals surface area (Å²) in [5, 5.41) is 0.561. The second-order valence-electron chi connectivity index (χ2n) is 10.3. The molecule has 4 heterocycles. The Morgan fingerprint density at radius 2 is 1.83 bits per heavy atom. The standard InChI is InChI=1S/C31H28ClN3O5S/c1-16(2)40-30(37)27-18(4)33-31-35(28(27)20-6-8-22(32)9-7-20)29(36)26(41-31)13-21-12-17(3)34(19(21)5)23-10-11-24-25(14-23)39-15-38-24/h6-14,16,28H,15H2,1-5H3/b26-13+/t28-/m1/s1. The summed E-state index contributed by atoms with van der Waals surface area (Å²) >= 11 is 7.46. The van der Waals surface area contributed by atoms with Gasteiger partial charge in [-0.05, 0) is 82.2 Å². The molecule has 8 nitrogen and oxygen atoms in total. The Balaban J connectivity index is 1.49. The number of aromatic nitrogens is 2. The van der Waals surface area contributed by atoms with Crippen LogP contribution < -0.4 is 24.4 Å². The van der Waals surface area contributed by atoms with E-state index in [1.165, 1.54) is 11.3 Å². The summed E-state index contributed by atoms with van der Waals surface area (Å²) in [6.45, 7) is 9.60. The van der Waals surface area contributed by atoms with Crippen LogP contribution >= 0.6 is 22.9 Å². The summed E-state index contributed by atoms with van der Waals surface area (Å²) in [4.78, 5) is 32.5. The van der Waals surface area contributed by atoms with Gasteiger partial charge in [0.2, 0.25) is 6.79 Å². The molecule has 2 aromatic carbocycles. The number of aryl methyl sites for hydroxylation is 1. The molecule has 41 heavy (non-hydrogen) atoms. The van der Waals surface area contributed by atoms with E-state index in [1.807, 2.05) is 56.3 Å². The molecule has 0 fully saturated rings. The van der Waals surface area contributed by atoms with E-state index >= 15 is 0 Å². The molecule has 10 heteroatoms. The number of esters is 1. The van der Waals surface area contributed by atoms with Crippen molar-refractivity contribution in [2.24, 2.45) is 4.99 Å². The van der Waals surface area contributed by atoms with E-state index in [1.54, 1.807) is 37.5 Å². The second-order valence-corrected chi connectivity index (χ2v) is 11.7. The maximum absolute atomic E-state index is 14.0. The topological polar surface area (TPSA) is 84.0 Å². The molecule has 2 aliphatic rings. The molecule has 0 bridgehead atoms. The van der Waals surface area contributed by atoms with Gasteiger partial charge in [0.15, 0.2) is 16.3 Å². The highest BCUT2D eigenvalue weighted by Crippen LogP contribution is 2.35. The summed E-state index contributed by atoms with van der Waals surface area (Å²) in [7, 11) is 0. The van der Waals surface area contributed by atoms with E-state index in [4.69, 9.17) is 25.8 Å². The van der Waals surface area contributed by atoms with Crippen LogP contribution in [0, 0.1) is 13.8 Å². The summed E-state index contributed by atoms with van der Waals surface area (Å²) < 4.78 is 20.8. The maximum atomic E-state index is 14.0. The Hall–Kier alpha value is -4.08. The van der Waals surface area contributed by atoms with Crippen molar-refractivity contribution in [1.82, 2.24) is 9.13 Å². The van der Waals surface area contributed by atoms with Crippen LogP contribution in [0.1, 0.15) is 49.3 Å². The van der Waals surface area contributed by atoms with Crippen LogP contribution in [-0.4, -0.2) is 28.0 Å². The first-order chi connectivity index (χ1) is 19.6. The first-order valence-corrected chi connectivity index (χ1v) is 14.4. The summed E-state index contributed by atoms with van der Waals surface area (Å²) in [6, 6.07) is 14.3. The molecular weight excluding hydrogens is 562 g/mol. The zero-order valence-corrected chi connectivity index (χ0v) is 24.8. The van der Waals surface area contributed by atoms with Gasteiger partial charge in [0, 0.05) is 28.2 Å². The van der Waals surface area contributed by atoms with Crippen LogP contribution in [0.5, 0.6) is 11.5 Å². The molecule has 2 aliphatic heterocycles. The first kappa shape index (κ1) is 27.1. The summed E-state index contributed by atoms with van der Waals surface area (Å²) in [5.74, 6) is 0.928. The van der Waals surface area contributed by atoms with Gasteiger partial charge in [-0.25, -0.2) is 9.79 Å². The Labute approximate surface area is 245 Å². The van der Waals surface area contributed by atoms with E-state index in [9.17, 15) is 9.59 Å². The van der Waals surface area contributed by atoms with Gasteiger partial charge in [-0.15, -0.1) is 0 Å². The Bertz CT molecular complexity index is 1910. The largest absolute Gasteiger partial charge is 0.459 e. The average molecular weight is 590 g/mol. The van der Waals surface area contributed by atoms with Gasteiger partial charge >= 0.3 is 5.97 Å². The third-order valence-electron chi connectivity index (χ3n) is 7.14. The highest BCUT2D eigenvalue weighted by atomic mass is 35.5. The number of carbonyl (C=O) groups is 1. The van der Waals surface area contributed by atoms with Gasteiger partial charge in [0.05, 0.1) is 27.9 Å². The van der Waals surface area contributed by atoms with E-state index in [2.05, 4.69) is 9.56 Å². The number of allylic oxidation sites excluding steroid dienone is 1. The zero-order valence-electron chi connectivity index (χ0n) is 23.2. The van der Waals surface area contributed by atoms with Gasteiger partial charge in [-0.3, -0.25) is 9.36 Å². The normalized spacial score (nSPS) is 16.3. The zero-order chi connectivity index (χ0) is 29.0. The quantitative estimate of drug-likeness (QED) is 0.307. The lowest BCUT2D eigenvalue weighted by Crippen LogP contribution is -2.40. The first-order valence-electron chi connectivity index (χ1n) is 13.2. The fourth-order valence-corrected chi connectivity index (χ4v) is 6.48. The Kier molecular flexibility index (Phi) is 6.87. The SMILES string of the molecule is CC1=C(C(=O)OC(C)C)[C@@H](c2ccc(Cl)cc2)n2c(s/c(=C/c3cc(C)n(-c4ccc5c(c4)OCO5)c3C)c2=O)=N1. The molecule has 2 aromatic heterocycles. The van der Waals surface area contributed by atoms with Crippen molar-refractivity contribution >= 4 is 35.0 Å². The molecule has 6 rings (SSSR count). The minimum atomic E-state index is -0.696. The van der Waals surface area contributed by atoms with Crippen molar-refractivity contribution in [3.63, 3.8) is 0 Å². The smallest absolute Gasteiger partial charge is 0.338 e. The highest BCUT2D eigenvalue weighted by Gasteiger charge is 2.33. The number of hydrogen-bond acceptors (Lipinski definition) is 7. The number of fused-ring (bicyclic) bond motifs is 2. The van der Waals surface area contributed by atoms with Crippen molar-refractivity contribution in [3.8, 4) is 17.2 Å². The molecule has 0 saturated heterocycles. The number of thiazole rings is 1. The molecule has 210 valence electrons. The minimum Gasteiger partial charge on any atom is -0.459 e. The third kappa shape index (κ3) is 4.79. The van der Waals surface area contributed by atoms with E-state index in [0.717, 1.165) is 34.0 Å². The van der Waals surface area contributed by atoms with Crippen molar-refractivity contribution in [3.05, 3.63) is 107 Å². The lowest BCUT2D eigenvalue weighted by atomic mass is 9.96. The molecule has 1 atom stereocenters. The average Bonchev–Trinajstić information content (AvgIpc) is 3.59. The summed E-state index contributed by atoms with van der Waals surface area (Å²) in [5.41, 5.74) is 5.19. The van der Waals surface area contributed by atoms with Crippen molar-refractivity contribution < 1.29 is 19.0 Å². The molecule has 0 N–H and O–H groups in total. The van der Waals surface area contributed by atoms with Crippen molar-refractivity contribution in [1.29, 1.82) is 0 Å². The Morgan fingerprint density at radius 1 is 1.10 bits per heavy atom. The molecular formula is C31H28ClN3O5S. The van der Waals surface area contributed by atoms with Crippen LogP contribution in [0.3, 0.4) is 0 Å². The molecule has 0 unspecified atom stereocenters. The Morgan fingerprint density at radius 3 is 2.56 bits per heavy atom. The van der Waals surface area contributed by atoms with Crippen LogP contribution in [0.15, 0.2) is 69.6 Å². The van der Waals surface area contributed by atoms with Gasteiger partial charge in [-0.2, -0.15) is 0 Å². The molecule has 0 spiro atoms. The van der Waals surface area contributed by atoms with E-state index in [0.29, 0.717) is 31.4 Å². The van der Waals surface area contributed by atoms with Crippen LogP contribution in [0.2, 0.25) is 5.02 Å². The van der Waals surface area contributed by atoms with E-state index in [-0.39, 0.29) is 18.5 Å². The highest BCUT2D eigenvalue weighted by molar-refractivity contribution is 7.07. The molecule has 0 aliphatic carbocycles. The second kappa shape index (κ2) is 10.4.